The number of hydrogen-bond donors (Lipinski definition) is 1. The first-order chi connectivity index (χ1) is 9.18. The van der Waals surface area contributed by atoms with E-state index in [1.807, 2.05) is 0 Å². The van der Waals surface area contributed by atoms with Gasteiger partial charge in [-0.1, -0.05) is 33.1 Å². The number of rotatable bonds is 5. The molecule has 0 aliphatic heterocycles. The van der Waals surface area contributed by atoms with Crippen molar-refractivity contribution in [2.24, 2.45) is 11.3 Å². The summed E-state index contributed by atoms with van der Waals surface area (Å²) in [6.45, 7) is 2.93. The number of allylic oxidation sites excluding steroid dienone is 2. The first kappa shape index (κ1) is 17.1. The summed E-state index contributed by atoms with van der Waals surface area (Å²) in [4.78, 5) is 12.0. The summed E-state index contributed by atoms with van der Waals surface area (Å²) in [5.74, 6) is -0.810. The third-order valence-corrected chi connectivity index (χ3v) is 4.28. The lowest BCUT2D eigenvalue weighted by atomic mass is 9.79. The van der Waals surface area contributed by atoms with Crippen molar-refractivity contribution in [3.63, 3.8) is 0 Å². The molecule has 0 spiro atoms. The van der Waals surface area contributed by atoms with Crippen molar-refractivity contribution in [2.75, 3.05) is 0 Å². The van der Waals surface area contributed by atoms with E-state index >= 15 is 0 Å². The predicted molar refractivity (Wildman–Crippen MR) is 71.4 cm³/mol. The highest BCUT2D eigenvalue weighted by Crippen LogP contribution is 2.40. The number of aliphatic hydroxyl groups is 1. The molecule has 1 N–H and O–H groups in total. The molecule has 0 heterocycles. The summed E-state index contributed by atoms with van der Waals surface area (Å²) >= 11 is 0. The van der Waals surface area contributed by atoms with E-state index in [4.69, 9.17) is 0 Å². The smallest absolute Gasteiger partial charge is 0.390 e. The maximum atomic E-state index is 12.6. The molecule has 0 aromatic carbocycles. The van der Waals surface area contributed by atoms with Gasteiger partial charge in [-0.3, -0.25) is 4.79 Å². The molecule has 5 heteroatoms. The average Bonchev–Trinajstić information content (AvgIpc) is 2.37. The molecule has 0 aromatic rings. The molecule has 1 aliphatic rings. The molecule has 1 saturated carbocycles. The average molecular weight is 292 g/mol. The molecule has 1 fully saturated rings. The summed E-state index contributed by atoms with van der Waals surface area (Å²) < 4.78 is 37.7. The molecule has 1 unspecified atom stereocenters. The Labute approximate surface area is 118 Å². The van der Waals surface area contributed by atoms with Gasteiger partial charge in [0.15, 0.2) is 5.78 Å². The molecule has 0 aromatic heterocycles. The van der Waals surface area contributed by atoms with Crippen LogP contribution in [0.4, 0.5) is 13.2 Å². The minimum Gasteiger partial charge on any atom is -0.512 e. The van der Waals surface area contributed by atoms with Crippen molar-refractivity contribution in [3.8, 4) is 0 Å². The molecule has 0 radical (unpaired) electrons. The Hall–Kier alpha value is -1.00. The quantitative estimate of drug-likeness (QED) is 0.575. The van der Waals surface area contributed by atoms with Crippen molar-refractivity contribution >= 4 is 5.78 Å². The molecular weight excluding hydrogens is 269 g/mol. The highest BCUT2D eigenvalue weighted by atomic mass is 19.4. The molecule has 1 rings (SSSR count). The Morgan fingerprint density at radius 1 is 1.25 bits per heavy atom. The lowest BCUT2D eigenvalue weighted by Gasteiger charge is -2.29. The van der Waals surface area contributed by atoms with Crippen LogP contribution in [0, 0.1) is 11.3 Å². The molecular formula is C15H23F3O2. The van der Waals surface area contributed by atoms with Crippen molar-refractivity contribution in [1.29, 1.82) is 0 Å². The second-order valence-electron chi connectivity index (χ2n) is 5.97. The van der Waals surface area contributed by atoms with E-state index in [-0.39, 0.29) is 18.1 Å². The van der Waals surface area contributed by atoms with Gasteiger partial charge in [0.1, 0.15) is 5.76 Å². The van der Waals surface area contributed by atoms with E-state index < -0.39 is 23.8 Å². The zero-order chi connectivity index (χ0) is 15.4. The second-order valence-corrected chi connectivity index (χ2v) is 5.97. The number of halogens is 3. The summed E-state index contributed by atoms with van der Waals surface area (Å²) in [5, 5.41) is 9.97. The number of carbonyl (C=O) groups excluding carboxylic acids is 1. The standard InChI is InChI=1S/C15H23F3O2/c1-3-14(2,10-15(16,17)18)13(20)9-12(19)11-7-5-4-6-8-11/h9,11,20H,3-8,10H2,1-2H3. The predicted octanol–water partition coefficient (Wildman–Crippen LogP) is 4.95. The fraction of sp³-hybridized carbons (Fsp3) is 0.800. The molecule has 20 heavy (non-hydrogen) atoms. The van der Waals surface area contributed by atoms with Crippen LogP contribution in [0.5, 0.6) is 0 Å². The highest BCUT2D eigenvalue weighted by Gasteiger charge is 2.41. The maximum Gasteiger partial charge on any atom is 0.390 e. The molecule has 1 aliphatic carbocycles. The molecule has 0 bridgehead atoms. The Bertz CT molecular complexity index is 368. The Morgan fingerprint density at radius 3 is 2.25 bits per heavy atom. The first-order valence-electron chi connectivity index (χ1n) is 7.19. The normalized spacial score (nSPS) is 21.6. The van der Waals surface area contributed by atoms with Gasteiger partial charge in [-0.2, -0.15) is 13.2 Å². The van der Waals surface area contributed by atoms with E-state index in [9.17, 15) is 23.1 Å². The van der Waals surface area contributed by atoms with Gasteiger partial charge in [0.2, 0.25) is 0 Å². The van der Waals surface area contributed by atoms with Gasteiger partial charge in [0.05, 0.1) is 6.42 Å². The summed E-state index contributed by atoms with van der Waals surface area (Å²) in [6.07, 6.45) is 0.266. The zero-order valence-electron chi connectivity index (χ0n) is 12.1. The Balaban J connectivity index is 2.80. The lowest BCUT2D eigenvalue weighted by molar-refractivity contribution is -0.156. The topological polar surface area (TPSA) is 37.3 Å². The maximum absolute atomic E-state index is 12.6. The van der Waals surface area contributed by atoms with E-state index in [1.54, 1.807) is 6.92 Å². The van der Waals surface area contributed by atoms with Crippen LogP contribution in [-0.4, -0.2) is 17.1 Å². The molecule has 1 atom stereocenters. The second kappa shape index (κ2) is 6.64. The van der Waals surface area contributed by atoms with Crippen LogP contribution >= 0.6 is 0 Å². The van der Waals surface area contributed by atoms with Crippen LogP contribution in [0.1, 0.15) is 58.8 Å². The van der Waals surface area contributed by atoms with Gasteiger partial charge in [-0.25, -0.2) is 0 Å². The van der Waals surface area contributed by atoms with Gasteiger partial charge >= 0.3 is 6.18 Å². The van der Waals surface area contributed by atoms with Gasteiger partial charge in [0, 0.05) is 17.4 Å². The molecule has 0 amide bonds. The van der Waals surface area contributed by atoms with E-state index in [0.717, 1.165) is 38.2 Å². The van der Waals surface area contributed by atoms with Gasteiger partial charge in [0.25, 0.3) is 0 Å². The van der Waals surface area contributed by atoms with Gasteiger partial charge < -0.3 is 5.11 Å². The number of alkyl halides is 3. The summed E-state index contributed by atoms with van der Waals surface area (Å²) in [6, 6.07) is 0. The fourth-order valence-corrected chi connectivity index (χ4v) is 2.65. The Kier molecular flexibility index (Phi) is 5.66. The molecule has 2 nitrogen and oxygen atoms in total. The number of aliphatic hydroxyl groups excluding tert-OH is 1. The highest BCUT2D eigenvalue weighted by molar-refractivity contribution is 5.92. The summed E-state index contributed by atoms with van der Waals surface area (Å²) in [7, 11) is 0. The van der Waals surface area contributed by atoms with Gasteiger partial charge in [-0.15, -0.1) is 0 Å². The number of hydrogen-bond acceptors (Lipinski definition) is 2. The van der Waals surface area contributed by atoms with E-state index in [0.29, 0.717) is 0 Å². The van der Waals surface area contributed by atoms with Gasteiger partial charge in [-0.05, 0) is 19.3 Å². The fourth-order valence-electron chi connectivity index (χ4n) is 2.65. The van der Waals surface area contributed by atoms with Crippen LogP contribution in [0.3, 0.4) is 0 Å². The van der Waals surface area contributed by atoms with Crippen molar-refractivity contribution < 1.29 is 23.1 Å². The zero-order valence-corrected chi connectivity index (χ0v) is 12.1. The van der Waals surface area contributed by atoms with Crippen LogP contribution in [0.25, 0.3) is 0 Å². The lowest BCUT2D eigenvalue weighted by Crippen LogP contribution is -2.28. The minimum absolute atomic E-state index is 0.132. The third-order valence-electron chi connectivity index (χ3n) is 4.28. The summed E-state index contributed by atoms with van der Waals surface area (Å²) in [5.41, 5.74) is -1.41. The minimum atomic E-state index is -4.36. The van der Waals surface area contributed by atoms with Crippen LogP contribution in [0.2, 0.25) is 0 Å². The van der Waals surface area contributed by atoms with Crippen molar-refractivity contribution in [1.82, 2.24) is 0 Å². The molecule has 116 valence electrons. The van der Waals surface area contributed by atoms with Crippen LogP contribution < -0.4 is 0 Å². The van der Waals surface area contributed by atoms with Crippen molar-refractivity contribution in [2.45, 2.75) is 65.0 Å². The first-order valence-corrected chi connectivity index (χ1v) is 7.19. The number of carbonyl (C=O) groups is 1. The SMILES string of the molecule is CCC(C)(CC(F)(F)F)C(O)=CC(=O)C1CCCCC1. The van der Waals surface area contributed by atoms with E-state index in [1.165, 1.54) is 6.92 Å². The Morgan fingerprint density at radius 2 is 1.80 bits per heavy atom. The van der Waals surface area contributed by atoms with Crippen LogP contribution in [-0.2, 0) is 4.79 Å². The monoisotopic (exact) mass is 292 g/mol. The largest absolute Gasteiger partial charge is 0.512 e. The molecule has 0 saturated heterocycles. The number of ketones is 1. The van der Waals surface area contributed by atoms with Crippen molar-refractivity contribution in [3.05, 3.63) is 11.8 Å². The van der Waals surface area contributed by atoms with Crippen LogP contribution in [0.15, 0.2) is 11.8 Å². The third kappa shape index (κ3) is 4.84. The van der Waals surface area contributed by atoms with E-state index in [2.05, 4.69) is 0 Å².